The molecule has 25 heavy (non-hydrogen) atoms. The summed E-state index contributed by atoms with van der Waals surface area (Å²) in [4.78, 5) is 4.27. The van der Waals surface area contributed by atoms with Crippen LogP contribution in [-0.4, -0.2) is 60.6 Å². The Labute approximate surface area is 145 Å². The Morgan fingerprint density at radius 1 is 0.920 bits per heavy atom. The zero-order valence-electron chi connectivity index (χ0n) is 14.0. The fraction of sp³-hybridized carbons (Fsp3) is 0.294. The number of piperazine rings is 1. The standard InChI is InChI=1S/C17H20N6O2/c1-15-12-22(13-20-18-10-16-4-2-8-24-16)6-7-23(15)14-21-19-11-17-5-3-9-25-17/h2-5,8-11,13-15H,6-7,12H2,1H3/b18-10+,19-11?,20-13?,21-14+. The molecule has 2 aromatic heterocycles. The lowest BCUT2D eigenvalue weighted by Crippen LogP contribution is -2.50. The molecule has 1 fully saturated rings. The van der Waals surface area contributed by atoms with E-state index in [9.17, 15) is 0 Å². The summed E-state index contributed by atoms with van der Waals surface area (Å²) in [6, 6.07) is 7.58. The second-order valence-corrected chi connectivity index (χ2v) is 5.56. The Kier molecular flexibility index (Phi) is 5.76. The van der Waals surface area contributed by atoms with Crippen molar-refractivity contribution in [3.63, 3.8) is 0 Å². The summed E-state index contributed by atoms with van der Waals surface area (Å²) in [6.07, 6.45) is 9.88. The number of nitrogens with zero attached hydrogens (tertiary/aromatic N) is 6. The Bertz CT molecular complexity index is 733. The lowest BCUT2D eigenvalue weighted by molar-refractivity contribution is 0.204. The normalized spacial score (nSPS) is 19.3. The van der Waals surface area contributed by atoms with E-state index in [0.29, 0.717) is 17.6 Å². The first-order valence-electron chi connectivity index (χ1n) is 8.01. The third-order valence-electron chi connectivity index (χ3n) is 3.71. The van der Waals surface area contributed by atoms with Gasteiger partial charge in [0.25, 0.3) is 0 Å². The van der Waals surface area contributed by atoms with Crippen LogP contribution < -0.4 is 0 Å². The molecule has 0 radical (unpaired) electrons. The molecule has 1 aliphatic heterocycles. The highest BCUT2D eigenvalue weighted by molar-refractivity contribution is 5.76. The van der Waals surface area contributed by atoms with E-state index < -0.39 is 0 Å². The summed E-state index contributed by atoms with van der Waals surface area (Å²) >= 11 is 0. The lowest BCUT2D eigenvalue weighted by Gasteiger charge is -2.37. The minimum absolute atomic E-state index is 0.303. The Morgan fingerprint density at radius 2 is 1.56 bits per heavy atom. The summed E-state index contributed by atoms with van der Waals surface area (Å²) in [5, 5.41) is 16.1. The van der Waals surface area contributed by atoms with Crippen molar-refractivity contribution in [3.8, 4) is 0 Å². The topological polar surface area (TPSA) is 82.2 Å². The van der Waals surface area contributed by atoms with E-state index in [4.69, 9.17) is 8.83 Å². The van der Waals surface area contributed by atoms with Crippen LogP contribution >= 0.6 is 0 Å². The first-order chi connectivity index (χ1) is 12.3. The van der Waals surface area contributed by atoms with E-state index in [2.05, 4.69) is 37.1 Å². The van der Waals surface area contributed by atoms with Crippen molar-refractivity contribution < 1.29 is 8.83 Å². The van der Waals surface area contributed by atoms with Gasteiger partial charge in [-0.2, -0.15) is 10.2 Å². The molecule has 0 saturated carbocycles. The molecular formula is C17H20N6O2. The van der Waals surface area contributed by atoms with E-state index >= 15 is 0 Å². The molecule has 8 heteroatoms. The third kappa shape index (κ3) is 5.17. The average Bonchev–Trinajstić information content (AvgIpc) is 3.31. The molecule has 0 N–H and O–H groups in total. The third-order valence-corrected chi connectivity index (χ3v) is 3.71. The predicted molar refractivity (Wildman–Crippen MR) is 97.3 cm³/mol. The minimum atomic E-state index is 0.303. The maximum atomic E-state index is 5.16. The van der Waals surface area contributed by atoms with Crippen LogP contribution in [0.5, 0.6) is 0 Å². The maximum Gasteiger partial charge on any atom is 0.146 e. The molecule has 0 spiro atoms. The van der Waals surface area contributed by atoms with Crippen LogP contribution in [0.2, 0.25) is 0 Å². The van der Waals surface area contributed by atoms with E-state index in [0.717, 1.165) is 19.6 Å². The zero-order valence-corrected chi connectivity index (χ0v) is 14.0. The molecule has 8 nitrogen and oxygen atoms in total. The molecule has 0 aromatic carbocycles. The highest BCUT2D eigenvalue weighted by atomic mass is 16.3. The van der Waals surface area contributed by atoms with Crippen molar-refractivity contribution in [2.45, 2.75) is 13.0 Å². The van der Waals surface area contributed by atoms with Crippen LogP contribution in [0.25, 0.3) is 0 Å². The molecule has 3 heterocycles. The van der Waals surface area contributed by atoms with Gasteiger partial charge in [0.1, 0.15) is 24.2 Å². The van der Waals surface area contributed by atoms with Gasteiger partial charge in [0.15, 0.2) is 0 Å². The SMILES string of the molecule is CC1CN(C=N/N=C/c2ccco2)CCN1/C=N/N=Cc1ccco1. The van der Waals surface area contributed by atoms with Crippen molar-refractivity contribution in [3.05, 3.63) is 48.3 Å². The van der Waals surface area contributed by atoms with Gasteiger partial charge < -0.3 is 18.6 Å². The number of hydrogen-bond acceptors (Lipinski definition) is 6. The van der Waals surface area contributed by atoms with Crippen molar-refractivity contribution in [1.29, 1.82) is 0 Å². The van der Waals surface area contributed by atoms with Crippen molar-refractivity contribution in [2.24, 2.45) is 20.4 Å². The van der Waals surface area contributed by atoms with Crippen LogP contribution in [0, 0.1) is 0 Å². The van der Waals surface area contributed by atoms with Gasteiger partial charge in [-0.15, -0.1) is 10.2 Å². The molecule has 3 rings (SSSR count). The molecule has 2 aromatic rings. The molecule has 0 bridgehead atoms. The average molecular weight is 340 g/mol. The molecule has 1 saturated heterocycles. The second kappa shape index (κ2) is 8.62. The highest BCUT2D eigenvalue weighted by Gasteiger charge is 2.19. The summed E-state index contributed by atoms with van der Waals surface area (Å²) in [5.74, 6) is 1.36. The fourth-order valence-electron chi connectivity index (χ4n) is 2.39. The smallest absolute Gasteiger partial charge is 0.146 e. The van der Waals surface area contributed by atoms with Crippen LogP contribution in [0.1, 0.15) is 18.4 Å². The minimum Gasteiger partial charge on any atom is -0.463 e. The van der Waals surface area contributed by atoms with Crippen LogP contribution in [0.3, 0.4) is 0 Å². The van der Waals surface area contributed by atoms with Gasteiger partial charge in [-0.1, -0.05) is 0 Å². The lowest BCUT2D eigenvalue weighted by atomic mass is 10.2. The maximum absolute atomic E-state index is 5.16. The van der Waals surface area contributed by atoms with Crippen molar-refractivity contribution >= 4 is 25.1 Å². The van der Waals surface area contributed by atoms with E-state index in [1.807, 2.05) is 24.3 Å². The first-order valence-corrected chi connectivity index (χ1v) is 8.01. The highest BCUT2D eigenvalue weighted by Crippen LogP contribution is 2.06. The van der Waals surface area contributed by atoms with Gasteiger partial charge >= 0.3 is 0 Å². The summed E-state index contributed by atoms with van der Waals surface area (Å²) in [5.41, 5.74) is 0. The van der Waals surface area contributed by atoms with E-state index in [1.165, 1.54) is 0 Å². The summed E-state index contributed by atoms with van der Waals surface area (Å²) in [7, 11) is 0. The number of furan rings is 2. The fourth-order valence-corrected chi connectivity index (χ4v) is 2.39. The molecule has 0 amide bonds. The van der Waals surface area contributed by atoms with E-state index in [-0.39, 0.29) is 0 Å². The van der Waals surface area contributed by atoms with Crippen LogP contribution in [0.15, 0.2) is 66.0 Å². The number of hydrogen-bond donors (Lipinski definition) is 0. The van der Waals surface area contributed by atoms with Crippen molar-refractivity contribution in [2.75, 3.05) is 19.6 Å². The van der Waals surface area contributed by atoms with Crippen LogP contribution in [-0.2, 0) is 0 Å². The molecule has 1 aliphatic rings. The van der Waals surface area contributed by atoms with Gasteiger partial charge in [0, 0.05) is 25.7 Å². The molecule has 0 aliphatic carbocycles. The Balaban J connectivity index is 1.44. The zero-order chi connectivity index (χ0) is 17.3. The monoisotopic (exact) mass is 340 g/mol. The largest absolute Gasteiger partial charge is 0.463 e. The Morgan fingerprint density at radius 3 is 2.12 bits per heavy atom. The predicted octanol–water partition coefficient (Wildman–Crippen LogP) is 2.30. The Hall–Kier alpha value is -3.16. The first kappa shape index (κ1) is 16.7. The summed E-state index contributed by atoms with van der Waals surface area (Å²) < 4.78 is 10.3. The van der Waals surface area contributed by atoms with Gasteiger partial charge in [-0.05, 0) is 31.2 Å². The number of rotatable bonds is 6. The van der Waals surface area contributed by atoms with Gasteiger partial charge in [0.2, 0.25) is 0 Å². The van der Waals surface area contributed by atoms with Gasteiger partial charge in [-0.3, -0.25) is 0 Å². The second-order valence-electron chi connectivity index (χ2n) is 5.56. The quantitative estimate of drug-likeness (QED) is 0.459. The van der Waals surface area contributed by atoms with Crippen LogP contribution in [0.4, 0.5) is 0 Å². The van der Waals surface area contributed by atoms with Gasteiger partial charge in [0.05, 0.1) is 25.0 Å². The van der Waals surface area contributed by atoms with E-state index in [1.54, 1.807) is 37.6 Å². The van der Waals surface area contributed by atoms with Gasteiger partial charge in [-0.25, -0.2) is 0 Å². The molecule has 1 atom stereocenters. The molecule has 1 unspecified atom stereocenters. The van der Waals surface area contributed by atoms with Crippen molar-refractivity contribution in [1.82, 2.24) is 9.80 Å². The summed E-state index contributed by atoms with van der Waals surface area (Å²) in [6.45, 7) is 4.66. The molecular weight excluding hydrogens is 320 g/mol. The molecule has 130 valence electrons.